The largest absolute Gasteiger partial charge is 0.0843 e. The average molecular weight is 319 g/mol. The van der Waals surface area contributed by atoms with E-state index in [2.05, 4.69) is 18.2 Å². The summed E-state index contributed by atoms with van der Waals surface area (Å²) in [5.74, 6) is 0. The van der Waals surface area contributed by atoms with Crippen molar-refractivity contribution in [3.63, 3.8) is 0 Å². The van der Waals surface area contributed by atoms with E-state index in [1.807, 2.05) is 48.5 Å². The van der Waals surface area contributed by atoms with Crippen LogP contribution in [0.2, 0.25) is 5.02 Å². The number of benzene rings is 4. The minimum atomic E-state index is -0.274. The van der Waals surface area contributed by atoms with Crippen molar-refractivity contribution in [2.24, 2.45) is 0 Å². The zero-order valence-electron chi connectivity index (χ0n) is 16.2. The molecule has 0 spiro atoms. The van der Waals surface area contributed by atoms with Gasteiger partial charge < -0.3 is 0 Å². The summed E-state index contributed by atoms with van der Waals surface area (Å²) in [6, 6.07) is 21.2. The van der Waals surface area contributed by atoms with Gasteiger partial charge in [-0.15, -0.1) is 0 Å². The van der Waals surface area contributed by atoms with Crippen LogP contribution in [-0.4, -0.2) is 0 Å². The Morgan fingerprint density at radius 2 is 1.30 bits per heavy atom. The van der Waals surface area contributed by atoms with Gasteiger partial charge in [-0.1, -0.05) is 78.3 Å². The number of hydrogen-bond acceptors (Lipinski definition) is 0. The normalized spacial score (nSPS) is 13.3. The first-order chi connectivity index (χ1) is 13.0. The molecule has 0 unspecified atom stereocenters. The third-order valence-electron chi connectivity index (χ3n) is 3.83. The van der Waals surface area contributed by atoms with Crippen molar-refractivity contribution in [1.82, 2.24) is 0 Å². The second kappa shape index (κ2) is 5.91. The van der Waals surface area contributed by atoms with E-state index in [-0.39, 0.29) is 34.8 Å². The van der Waals surface area contributed by atoms with Gasteiger partial charge in [0.1, 0.15) is 0 Å². The molecule has 1 heteroatoms. The number of fused-ring (bicyclic) bond motifs is 1. The maximum Gasteiger partial charge on any atom is 0.0645 e. The molecule has 4 aromatic carbocycles. The van der Waals surface area contributed by atoms with Gasteiger partial charge in [0, 0.05) is 5.02 Å². The Kier molecular flexibility index (Phi) is 2.63. The highest BCUT2D eigenvalue weighted by atomic mass is 35.5. The van der Waals surface area contributed by atoms with Crippen molar-refractivity contribution >= 4 is 22.4 Å². The van der Waals surface area contributed by atoms with Gasteiger partial charge in [-0.25, -0.2) is 0 Å². The van der Waals surface area contributed by atoms with Gasteiger partial charge in [0.05, 0.1) is 5.48 Å². The molecular formula is C22H15Cl. The van der Waals surface area contributed by atoms with Crippen molar-refractivity contribution in [3.05, 3.63) is 95.9 Å². The molecule has 0 aliphatic rings. The highest BCUT2D eigenvalue weighted by molar-refractivity contribution is 6.30. The van der Waals surface area contributed by atoms with Crippen molar-refractivity contribution in [1.29, 1.82) is 0 Å². The molecule has 4 aromatic rings. The minimum Gasteiger partial charge on any atom is -0.0843 e. The Bertz CT molecular complexity index is 1140. The van der Waals surface area contributed by atoms with Crippen LogP contribution in [0.4, 0.5) is 0 Å². The Morgan fingerprint density at radius 1 is 0.652 bits per heavy atom. The first-order valence-electron chi connectivity index (χ1n) is 9.33. The molecule has 0 N–H and O–H groups in total. The second-order valence-electron chi connectivity index (χ2n) is 5.33. The van der Waals surface area contributed by atoms with Crippen LogP contribution in [0.15, 0.2) is 90.9 Å². The van der Waals surface area contributed by atoms with Gasteiger partial charge in [0.2, 0.25) is 0 Å². The Morgan fingerprint density at radius 3 is 2.00 bits per heavy atom. The van der Waals surface area contributed by atoms with Gasteiger partial charge in [-0.3, -0.25) is 0 Å². The number of halogens is 1. The molecule has 0 aromatic heterocycles. The lowest BCUT2D eigenvalue weighted by molar-refractivity contribution is 1.62. The molecule has 0 nitrogen and oxygen atoms in total. The van der Waals surface area contributed by atoms with Crippen LogP contribution >= 0.6 is 11.6 Å². The molecule has 0 saturated heterocycles. The van der Waals surface area contributed by atoms with Gasteiger partial charge >= 0.3 is 0 Å². The van der Waals surface area contributed by atoms with Crippen molar-refractivity contribution < 1.29 is 5.48 Å². The van der Waals surface area contributed by atoms with Gasteiger partial charge in [0.15, 0.2) is 0 Å². The minimum absolute atomic E-state index is 0.0806. The summed E-state index contributed by atoms with van der Waals surface area (Å²) < 4.78 is 32.1. The van der Waals surface area contributed by atoms with Crippen LogP contribution in [0, 0.1) is 0 Å². The standard InChI is InChI=1S/C22H15Cl/c23-22-8-4-7-17(15-22)19-11-12-20-13-18(9-10-21(20)14-19)16-5-2-1-3-6-16/h1-15H/i4D,7D,8D,15D. The lowest BCUT2D eigenvalue weighted by Gasteiger charge is -2.07. The topological polar surface area (TPSA) is 0 Å². The molecule has 0 radical (unpaired) electrons. The third kappa shape index (κ3) is 2.86. The van der Waals surface area contributed by atoms with E-state index in [1.165, 1.54) is 0 Å². The Labute approximate surface area is 146 Å². The number of hydrogen-bond donors (Lipinski definition) is 0. The van der Waals surface area contributed by atoms with Crippen molar-refractivity contribution in [2.45, 2.75) is 0 Å². The monoisotopic (exact) mass is 318 g/mol. The molecule has 0 heterocycles. The fourth-order valence-electron chi connectivity index (χ4n) is 2.68. The van der Waals surface area contributed by atoms with Gasteiger partial charge in [-0.05, 0) is 57.2 Å². The Balaban J connectivity index is 1.86. The highest BCUT2D eigenvalue weighted by Crippen LogP contribution is 2.29. The molecule has 4 rings (SSSR count). The van der Waals surface area contributed by atoms with E-state index in [0.717, 1.165) is 21.9 Å². The van der Waals surface area contributed by atoms with E-state index in [1.54, 1.807) is 0 Å². The summed E-state index contributed by atoms with van der Waals surface area (Å²) in [6.07, 6.45) is 0. The zero-order chi connectivity index (χ0) is 19.1. The maximum absolute atomic E-state index is 8.21. The highest BCUT2D eigenvalue weighted by Gasteiger charge is 2.03. The van der Waals surface area contributed by atoms with Gasteiger partial charge in [0.25, 0.3) is 0 Å². The van der Waals surface area contributed by atoms with E-state index in [0.29, 0.717) is 5.56 Å². The zero-order valence-corrected chi connectivity index (χ0v) is 13.0. The molecule has 0 atom stereocenters. The Hall–Kier alpha value is -2.57. The summed E-state index contributed by atoms with van der Waals surface area (Å²) in [6.45, 7) is 0. The van der Waals surface area contributed by atoms with Crippen LogP contribution in [-0.2, 0) is 0 Å². The van der Waals surface area contributed by atoms with Crippen LogP contribution < -0.4 is 0 Å². The molecule has 0 bridgehead atoms. The molecule has 23 heavy (non-hydrogen) atoms. The van der Waals surface area contributed by atoms with Crippen molar-refractivity contribution in [3.8, 4) is 22.3 Å². The molecule has 0 aliphatic heterocycles. The predicted octanol–water partition coefficient (Wildman–Crippen LogP) is 6.83. The first-order valence-corrected chi connectivity index (χ1v) is 7.70. The van der Waals surface area contributed by atoms with Crippen LogP contribution in [0.3, 0.4) is 0 Å². The van der Waals surface area contributed by atoms with E-state index < -0.39 is 0 Å². The fraction of sp³-hybridized carbons (Fsp3) is 0. The average Bonchev–Trinajstić information content (AvgIpc) is 2.71. The lowest BCUT2D eigenvalue weighted by Crippen LogP contribution is -1.81. The van der Waals surface area contributed by atoms with Gasteiger partial charge in [-0.2, -0.15) is 0 Å². The van der Waals surface area contributed by atoms with E-state index >= 15 is 0 Å². The quantitative estimate of drug-likeness (QED) is 0.380. The molecule has 0 amide bonds. The second-order valence-corrected chi connectivity index (χ2v) is 5.71. The molecule has 0 fully saturated rings. The third-order valence-corrected chi connectivity index (χ3v) is 4.02. The van der Waals surface area contributed by atoms with Crippen LogP contribution in [0.25, 0.3) is 33.0 Å². The lowest BCUT2D eigenvalue weighted by atomic mass is 9.98. The summed E-state index contributed by atoms with van der Waals surface area (Å²) in [5, 5.41) is 1.93. The molecule has 0 aliphatic carbocycles. The smallest absolute Gasteiger partial charge is 0.0645 e. The van der Waals surface area contributed by atoms with E-state index in [9.17, 15) is 0 Å². The summed E-state index contributed by atoms with van der Waals surface area (Å²) >= 11 is 6.04. The molecular weight excluding hydrogens is 300 g/mol. The maximum atomic E-state index is 8.21. The molecule has 110 valence electrons. The van der Waals surface area contributed by atoms with Crippen LogP contribution in [0.5, 0.6) is 0 Å². The van der Waals surface area contributed by atoms with Crippen molar-refractivity contribution in [2.75, 3.05) is 0 Å². The fourth-order valence-corrected chi connectivity index (χ4v) is 2.82. The number of rotatable bonds is 2. The summed E-state index contributed by atoms with van der Waals surface area (Å²) in [4.78, 5) is 0. The molecule has 0 saturated carbocycles. The first kappa shape index (κ1) is 10.3. The summed E-state index contributed by atoms with van der Waals surface area (Å²) in [7, 11) is 0. The predicted molar refractivity (Wildman–Crippen MR) is 99.8 cm³/mol. The summed E-state index contributed by atoms with van der Waals surface area (Å²) in [5.41, 5.74) is 3.20. The van der Waals surface area contributed by atoms with Crippen LogP contribution in [0.1, 0.15) is 5.48 Å². The van der Waals surface area contributed by atoms with E-state index in [4.69, 9.17) is 17.1 Å². The SMILES string of the molecule is [2H]c1c([2H])c(Cl)c([2H])c(-c2ccc3cc(-c4ccccc4)ccc3c2)c1[2H].